The summed E-state index contributed by atoms with van der Waals surface area (Å²) < 4.78 is 126. The highest BCUT2D eigenvalue weighted by Gasteiger charge is 2.63. The summed E-state index contributed by atoms with van der Waals surface area (Å²) >= 11 is 0. The van der Waals surface area contributed by atoms with Crippen LogP contribution in [0.5, 0.6) is 0 Å². The summed E-state index contributed by atoms with van der Waals surface area (Å²) in [5.41, 5.74) is 0. The monoisotopic (exact) mass is 2010 g/mol. The lowest BCUT2D eigenvalue weighted by atomic mass is 9.93. The maximum absolute atomic E-state index is 13.4. The first-order valence-corrected chi connectivity index (χ1v) is 43.7. The normalized spacial score (nSPS) is 48.9. The third-order valence-corrected chi connectivity index (χ3v) is 25.0. The molecule has 0 spiro atoms. The van der Waals surface area contributed by atoms with E-state index < -0.39 is 440 Å². The fourth-order valence-electron chi connectivity index (χ4n) is 17.8. The van der Waals surface area contributed by atoms with E-state index in [4.69, 9.17) is 99.5 Å². The summed E-state index contributed by atoms with van der Waals surface area (Å²) in [5, 5.41) is 350. The summed E-state index contributed by atoms with van der Waals surface area (Å²) in [6.45, 7) is -8.38. The van der Waals surface area contributed by atoms with Crippen LogP contribution < -0.4 is 26.6 Å². The molecule has 792 valence electrons. The molecule has 11 fully saturated rings. The fourth-order valence-corrected chi connectivity index (χ4v) is 17.8. The van der Waals surface area contributed by atoms with Crippen LogP contribution in [0.25, 0.3) is 0 Å². The summed E-state index contributed by atoms with van der Waals surface area (Å²) in [4.78, 5) is 65.2. The van der Waals surface area contributed by atoms with Crippen molar-refractivity contribution in [3.05, 3.63) is 0 Å². The van der Waals surface area contributed by atoms with E-state index in [1.165, 1.54) is 0 Å². The molecule has 0 saturated carbocycles. The Bertz CT molecular complexity index is 3780. The Balaban J connectivity index is 0.983. The second-order valence-electron chi connectivity index (χ2n) is 34.5. The molecule has 61 nitrogen and oxygen atoms in total. The van der Waals surface area contributed by atoms with Gasteiger partial charge in [0.15, 0.2) is 69.2 Å². The van der Waals surface area contributed by atoms with Gasteiger partial charge >= 0.3 is 0 Å². The average Bonchev–Trinajstić information content (AvgIpc) is 0.747. The summed E-state index contributed by atoms with van der Waals surface area (Å²) in [7, 11) is 0. The molecule has 35 N–H and O–H groups in total. The standard InChI is InChI=1S/C76H127N5O56/c1-17(92)77-33-43(102)57(26(10-86)118-66(33)116)129-67-34(78-18(2)93)45(104)61(30(14-90)123-67)134-74-56(115)63(42(101)32(128-74)16-117-75-64(51(110)41(100)25(9-85)122-75)136-69-36(80-20(4)95)46(105)59(28(12-88)125-69)132-72-53(112)49(108)39(98)23(7-83)120-72)135-76-65(137-70-37(81-21(5)96)47(106)60(29(13-89)126-70)133-73-54(113)50(109)40(99)24(8-84)121-73)55(114)62(31(15-91)127-76)130-68-35(79-19(3)94)44(103)58(27(11-87)124-68)131-71-52(111)48(107)38(97)22(6-82)119-71/h22-76,82-91,97-116H,6-16H2,1-5H3,(H,77,92)(H,78,93)(H,79,94)(H,80,95)(H,81,96)/t22-,23-,24-,25-,26-,27-,28-,29-,30-,31-,32-,33-,34-,35-,36-,37-,38+,39+,40+,41-,42-,43-,44-,45-,46-,47-,48+,49+,50+,51+,52-,53-,54-,55+,56+,57-,58-,59-,60-,61-,62-,63+,64+,65+,66?,67+,68+,69+,70+,71+,72+,73+,74+,75+,76-/m1/s1. The molecule has 1 unspecified atom stereocenters. The number of ether oxygens (including phenoxy) is 21. The third kappa shape index (κ3) is 25.0. The van der Waals surface area contributed by atoms with Crippen molar-refractivity contribution in [2.45, 2.75) is 372 Å². The van der Waals surface area contributed by atoms with E-state index in [1.807, 2.05) is 0 Å². The number of aliphatic hydroxyl groups is 30. The van der Waals surface area contributed by atoms with E-state index in [-0.39, 0.29) is 0 Å². The Morgan fingerprint density at radius 3 is 0.701 bits per heavy atom. The van der Waals surface area contributed by atoms with Crippen molar-refractivity contribution in [3.63, 3.8) is 0 Å². The molecule has 61 heteroatoms. The van der Waals surface area contributed by atoms with Gasteiger partial charge in [0.25, 0.3) is 0 Å². The fraction of sp³-hybridized carbons (Fsp3) is 0.934. The molecule has 0 radical (unpaired) electrons. The number of carbonyl (C=O) groups excluding carboxylic acids is 5. The Kier molecular flexibility index (Phi) is 40.7. The highest BCUT2D eigenvalue weighted by atomic mass is 16.8. The van der Waals surface area contributed by atoms with Crippen LogP contribution in [0.3, 0.4) is 0 Å². The quantitative estimate of drug-likeness (QED) is 0.0277. The van der Waals surface area contributed by atoms with Crippen LogP contribution >= 0.6 is 0 Å². The van der Waals surface area contributed by atoms with Crippen molar-refractivity contribution in [2.24, 2.45) is 0 Å². The number of hydrogen-bond donors (Lipinski definition) is 35. The van der Waals surface area contributed by atoms with Crippen molar-refractivity contribution < 1.29 is 277 Å². The first-order chi connectivity index (χ1) is 64.9. The third-order valence-electron chi connectivity index (χ3n) is 25.0. The number of carbonyl (C=O) groups is 5. The Morgan fingerprint density at radius 2 is 0.401 bits per heavy atom. The number of rotatable bonds is 36. The first kappa shape index (κ1) is 113. The van der Waals surface area contributed by atoms with Crippen molar-refractivity contribution in [1.29, 1.82) is 0 Å². The van der Waals surface area contributed by atoms with E-state index in [1.54, 1.807) is 0 Å². The van der Waals surface area contributed by atoms with Crippen molar-refractivity contribution in [3.8, 4) is 0 Å². The van der Waals surface area contributed by atoms with Gasteiger partial charge in [0.1, 0.15) is 268 Å². The SMILES string of the molecule is CC(=O)N[C@H]1[C@H](O[C@H]2[C@H](O)[C@@H](NC(C)=O)C(O)O[C@@H]2CO)O[C@H](CO)[C@@H](O[C@@H]2O[C@H](CO[C@H]3O[C@H](CO)[C@@H](O)[C@H](O)[C@@H]3O[C@@H]3O[C@H](CO)[C@@H](O[C@@H]4O[C@H](CO)[C@H](O)[C@H](O)[C@H]4O)[C@H](O)[C@H]3NC(C)=O)[C@@H](O)[C@H](O[C@H]3O[C@H](CO)[C@@H](O[C@@H]4O[C@H](CO)[C@@H](O[C@@H]5O[C@H](CO)[C@H](O)[C@H](O)[C@H]5O)[C@H](O)[C@H]4NC(C)=O)[C@H](O)[C@@H]3O[C@@H]3O[C@H](CO)[C@@H](O[C@@H]4O[C@H](CO)[C@H](O)[C@H](O)[C@H]4O)[C@H](O)[C@H]3NC(C)=O)[C@@H]2O)[C@@H]1O. The maximum atomic E-state index is 13.4. The Labute approximate surface area is 775 Å². The summed E-state index contributed by atoms with van der Waals surface area (Å²) in [6.07, 6.45) is -109. The van der Waals surface area contributed by atoms with Gasteiger partial charge in [-0.15, -0.1) is 0 Å². The minimum atomic E-state index is -2.75. The summed E-state index contributed by atoms with van der Waals surface area (Å²) in [5.74, 6) is -4.90. The van der Waals surface area contributed by atoms with Crippen molar-refractivity contribution in [2.75, 3.05) is 72.7 Å². The molecule has 55 atom stereocenters. The Morgan fingerprint density at radius 1 is 0.190 bits per heavy atom. The van der Waals surface area contributed by atoms with E-state index in [0.29, 0.717) is 0 Å². The molecule has 11 heterocycles. The highest BCUT2D eigenvalue weighted by molar-refractivity contribution is 5.75. The second kappa shape index (κ2) is 49.5. The molecule has 11 saturated heterocycles. The largest absolute Gasteiger partial charge is 0.394 e. The van der Waals surface area contributed by atoms with E-state index in [2.05, 4.69) is 26.6 Å². The van der Waals surface area contributed by atoms with Crippen LogP contribution in [0.4, 0.5) is 0 Å². The van der Waals surface area contributed by atoms with Gasteiger partial charge in [0.2, 0.25) is 29.5 Å². The number of hydrogen-bond acceptors (Lipinski definition) is 56. The van der Waals surface area contributed by atoms with Crippen LogP contribution in [0.1, 0.15) is 34.6 Å². The molecule has 5 amide bonds. The zero-order chi connectivity index (χ0) is 101. The van der Waals surface area contributed by atoms with Gasteiger partial charge in [0.05, 0.1) is 72.7 Å². The second-order valence-corrected chi connectivity index (χ2v) is 34.5. The first-order valence-electron chi connectivity index (χ1n) is 43.7. The molecule has 11 rings (SSSR count). The number of amides is 5. The van der Waals surface area contributed by atoms with Gasteiger partial charge < -0.3 is 279 Å². The number of aliphatic hydroxyl groups excluding tert-OH is 30. The molecule has 137 heavy (non-hydrogen) atoms. The van der Waals surface area contributed by atoms with Gasteiger partial charge in [-0.3, -0.25) is 24.0 Å². The van der Waals surface area contributed by atoms with Crippen LogP contribution in [-0.4, -0.2) is 593 Å². The lowest BCUT2D eigenvalue weighted by molar-refractivity contribution is -0.406. The van der Waals surface area contributed by atoms with E-state index in [0.717, 1.165) is 34.6 Å². The van der Waals surface area contributed by atoms with Gasteiger partial charge in [-0.25, -0.2) is 0 Å². The molecule has 0 aromatic heterocycles. The van der Waals surface area contributed by atoms with Gasteiger partial charge in [0, 0.05) is 34.6 Å². The highest BCUT2D eigenvalue weighted by Crippen LogP contribution is 2.42. The molecular weight excluding hydrogens is 1880 g/mol. The zero-order valence-electron chi connectivity index (χ0n) is 73.6. The predicted octanol–water partition coefficient (Wildman–Crippen LogP) is -24.3. The molecule has 0 aromatic carbocycles. The number of nitrogens with one attached hydrogen (secondary N) is 5. The van der Waals surface area contributed by atoms with Crippen LogP contribution in [-0.2, 0) is 123 Å². The minimum absolute atomic E-state index is 0.830. The maximum Gasteiger partial charge on any atom is 0.217 e. The molecule has 11 aliphatic rings. The molecule has 11 aliphatic heterocycles. The Hall–Kier alpha value is -4.69. The average molecular weight is 2010 g/mol. The van der Waals surface area contributed by atoms with Crippen LogP contribution in [0.15, 0.2) is 0 Å². The smallest absolute Gasteiger partial charge is 0.217 e. The molecular formula is C76H127N5O56. The minimum Gasteiger partial charge on any atom is -0.394 e. The lowest BCUT2D eigenvalue weighted by Crippen LogP contribution is -2.71. The van der Waals surface area contributed by atoms with Crippen LogP contribution in [0, 0.1) is 0 Å². The van der Waals surface area contributed by atoms with Gasteiger partial charge in [-0.1, -0.05) is 0 Å². The van der Waals surface area contributed by atoms with Crippen LogP contribution in [0.2, 0.25) is 0 Å². The molecule has 0 aromatic rings. The summed E-state index contributed by atoms with van der Waals surface area (Å²) in [6, 6.07) is -9.91. The van der Waals surface area contributed by atoms with Crippen molar-refractivity contribution in [1.82, 2.24) is 26.6 Å². The molecule has 0 aliphatic carbocycles. The van der Waals surface area contributed by atoms with Gasteiger partial charge in [-0.05, 0) is 0 Å². The lowest BCUT2D eigenvalue weighted by Gasteiger charge is -2.52. The topological polar surface area (TPSA) is 946 Å². The van der Waals surface area contributed by atoms with E-state index in [9.17, 15) is 177 Å². The van der Waals surface area contributed by atoms with Gasteiger partial charge in [-0.2, -0.15) is 0 Å². The van der Waals surface area contributed by atoms with Crippen molar-refractivity contribution >= 4 is 29.5 Å². The zero-order valence-corrected chi connectivity index (χ0v) is 73.6. The molecule has 0 bridgehead atoms. The van der Waals surface area contributed by atoms with E-state index >= 15 is 0 Å². The predicted molar refractivity (Wildman–Crippen MR) is 420 cm³/mol.